The van der Waals surface area contributed by atoms with Gasteiger partial charge in [-0.15, -0.1) is 0 Å². The van der Waals surface area contributed by atoms with Crippen molar-refractivity contribution in [2.45, 2.75) is 39.2 Å². The molecule has 2 N–H and O–H groups in total. The third-order valence-electron chi connectivity index (χ3n) is 4.35. The molecule has 2 rings (SSSR count). The third kappa shape index (κ3) is 2.84. The average molecular weight is 295 g/mol. The molecule has 2 atom stereocenters. The van der Waals surface area contributed by atoms with E-state index in [1.165, 1.54) is 0 Å². The van der Waals surface area contributed by atoms with Crippen LogP contribution in [0.2, 0.25) is 5.02 Å². The maximum absolute atomic E-state index is 12.8. The van der Waals surface area contributed by atoms with Crippen LogP contribution >= 0.6 is 11.6 Å². The van der Waals surface area contributed by atoms with Crippen LogP contribution < -0.4 is 5.73 Å². The van der Waals surface area contributed by atoms with Crippen molar-refractivity contribution < 1.29 is 4.79 Å². The first-order valence-electron chi connectivity index (χ1n) is 7.36. The van der Waals surface area contributed by atoms with Gasteiger partial charge in [-0.2, -0.15) is 0 Å². The summed E-state index contributed by atoms with van der Waals surface area (Å²) < 4.78 is 0. The molecule has 1 aromatic rings. The van der Waals surface area contributed by atoms with Gasteiger partial charge < -0.3 is 10.6 Å². The lowest BCUT2D eigenvalue weighted by atomic mass is 10.0. The Bertz CT molecular complexity index is 489. The molecule has 110 valence electrons. The van der Waals surface area contributed by atoms with E-state index in [4.69, 9.17) is 17.3 Å². The minimum absolute atomic E-state index is 0.0338. The Kier molecular flexibility index (Phi) is 5.06. The highest BCUT2D eigenvalue weighted by atomic mass is 35.5. The summed E-state index contributed by atoms with van der Waals surface area (Å²) in [5, 5.41) is 0.568. The first kappa shape index (κ1) is 15.3. The van der Waals surface area contributed by atoms with E-state index in [1.807, 2.05) is 36.9 Å². The van der Waals surface area contributed by atoms with Gasteiger partial charge >= 0.3 is 0 Å². The van der Waals surface area contributed by atoms with Crippen molar-refractivity contribution in [1.29, 1.82) is 0 Å². The Labute approximate surface area is 126 Å². The van der Waals surface area contributed by atoms with Crippen LogP contribution in [-0.2, 0) is 0 Å². The second kappa shape index (κ2) is 6.59. The summed E-state index contributed by atoms with van der Waals surface area (Å²) in [4.78, 5) is 14.7. The van der Waals surface area contributed by atoms with E-state index in [-0.39, 0.29) is 11.9 Å². The fourth-order valence-corrected chi connectivity index (χ4v) is 3.41. The minimum atomic E-state index is 0.0338. The number of nitrogens with two attached hydrogens (primary N) is 1. The molecule has 4 heteroatoms. The number of nitrogens with zero attached hydrogens (tertiary/aromatic N) is 1. The van der Waals surface area contributed by atoms with Gasteiger partial charge in [0.1, 0.15) is 0 Å². The van der Waals surface area contributed by atoms with Gasteiger partial charge in [0, 0.05) is 12.6 Å². The van der Waals surface area contributed by atoms with Crippen LogP contribution in [0.4, 0.5) is 0 Å². The summed E-state index contributed by atoms with van der Waals surface area (Å²) >= 11 is 6.29. The van der Waals surface area contributed by atoms with Gasteiger partial charge in [0.15, 0.2) is 0 Å². The van der Waals surface area contributed by atoms with Crippen molar-refractivity contribution >= 4 is 17.5 Å². The van der Waals surface area contributed by atoms with Crippen molar-refractivity contribution in [3.8, 4) is 0 Å². The van der Waals surface area contributed by atoms with E-state index < -0.39 is 0 Å². The molecule has 1 fully saturated rings. The van der Waals surface area contributed by atoms with Crippen molar-refractivity contribution in [3.63, 3.8) is 0 Å². The van der Waals surface area contributed by atoms with E-state index in [2.05, 4.69) is 0 Å². The zero-order valence-electron chi connectivity index (χ0n) is 12.2. The molecule has 0 heterocycles. The van der Waals surface area contributed by atoms with Crippen LogP contribution in [0.15, 0.2) is 18.2 Å². The highest BCUT2D eigenvalue weighted by Crippen LogP contribution is 2.31. The van der Waals surface area contributed by atoms with Gasteiger partial charge in [-0.1, -0.05) is 30.2 Å². The summed E-state index contributed by atoms with van der Waals surface area (Å²) in [5.74, 6) is 0.453. The van der Waals surface area contributed by atoms with Crippen molar-refractivity contribution in [1.82, 2.24) is 4.90 Å². The molecule has 1 aromatic carbocycles. The van der Waals surface area contributed by atoms with Gasteiger partial charge in [0.05, 0.1) is 10.6 Å². The highest BCUT2D eigenvalue weighted by Gasteiger charge is 2.34. The van der Waals surface area contributed by atoms with Crippen LogP contribution in [0.1, 0.15) is 42.1 Å². The monoisotopic (exact) mass is 294 g/mol. The van der Waals surface area contributed by atoms with E-state index in [1.54, 1.807) is 0 Å². The summed E-state index contributed by atoms with van der Waals surface area (Å²) in [6.07, 6.45) is 3.31. The second-order valence-electron chi connectivity index (χ2n) is 5.52. The van der Waals surface area contributed by atoms with E-state index >= 15 is 0 Å². The number of amides is 1. The predicted octanol–water partition coefficient (Wildman–Crippen LogP) is 3.24. The minimum Gasteiger partial charge on any atom is -0.336 e. The van der Waals surface area contributed by atoms with Gasteiger partial charge in [0.25, 0.3) is 5.91 Å². The Morgan fingerprint density at radius 3 is 2.85 bits per heavy atom. The van der Waals surface area contributed by atoms with Crippen LogP contribution in [-0.4, -0.2) is 29.9 Å². The largest absolute Gasteiger partial charge is 0.336 e. The molecule has 20 heavy (non-hydrogen) atoms. The van der Waals surface area contributed by atoms with E-state index in [9.17, 15) is 4.79 Å². The smallest absolute Gasteiger partial charge is 0.255 e. The van der Waals surface area contributed by atoms with Crippen molar-refractivity contribution in [3.05, 3.63) is 34.3 Å². The molecule has 0 radical (unpaired) electrons. The molecule has 0 saturated heterocycles. The molecule has 1 aliphatic carbocycles. The average Bonchev–Trinajstić information content (AvgIpc) is 2.91. The first-order valence-corrected chi connectivity index (χ1v) is 7.74. The third-order valence-corrected chi connectivity index (χ3v) is 4.85. The molecule has 1 amide bonds. The number of hydrogen-bond acceptors (Lipinski definition) is 2. The molecule has 3 nitrogen and oxygen atoms in total. The first-order chi connectivity index (χ1) is 9.60. The number of halogens is 1. The summed E-state index contributed by atoms with van der Waals surface area (Å²) in [6, 6.07) is 5.88. The zero-order chi connectivity index (χ0) is 14.7. The molecule has 0 bridgehead atoms. The lowest BCUT2D eigenvalue weighted by Crippen LogP contribution is -2.44. The SMILES string of the molecule is CCN(C(=O)c1cccc(C)c1Cl)C1CCCC1CN. The lowest BCUT2D eigenvalue weighted by Gasteiger charge is -2.32. The molecule has 0 aliphatic heterocycles. The number of benzene rings is 1. The topological polar surface area (TPSA) is 46.3 Å². The van der Waals surface area contributed by atoms with Crippen molar-refractivity contribution in [2.75, 3.05) is 13.1 Å². The highest BCUT2D eigenvalue weighted by molar-refractivity contribution is 6.34. The maximum atomic E-state index is 12.8. The lowest BCUT2D eigenvalue weighted by molar-refractivity contribution is 0.0652. The van der Waals surface area contributed by atoms with E-state index in [0.717, 1.165) is 24.8 Å². The molecule has 1 aliphatic rings. The second-order valence-corrected chi connectivity index (χ2v) is 5.90. The molecule has 0 aromatic heterocycles. The molecular weight excluding hydrogens is 272 g/mol. The summed E-state index contributed by atoms with van der Waals surface area (Å²) in [5.41, 5.74) is 7.39. The molecular formula is C16H23ClN2O. The van der Waals surface area contributed by atoms with Gasteiger partial charge in [-0.25, -0.2) is 0 Å². The van der Waals surface area contributed by atoms with Crippen LogP contribution in [0.25, 0.3) is 0 Å². The molecule has 0 spiro atoms. The zero-order valence-corrected chi connectivity index (χ0v) is 13.0. The summed E-state index contributed by atoms with van der Waals surface area (Å²) in [6.45, 7) is 5.29. The Morgan fingerprint density at radius 1 is 1.45 bits per heavy atom. The fourth-order valence-electron chi connectivity index (χ4n) is 3.20. The number of rotatable bonds is 4. The Hall–Kier alpha value is -1.06. The van der Waals surface area contributed by atoms with Gasteiger partial charge in [0.2, 0.25) is 0 Å². The Balaban J connectivity index is 2.27. The van der Waals surface area contributed by atoms with E-state index in [0.29, 0.717) is 29.6 Å². The summed E-state index contributed by atoms with van der Waals surface area (Å²) in [7, 11) is 0. The normalized spacial score (nSPS) is 22.0. The number of hydrogen-bond donors (Lipinski definition) is 1. The standard InChI is InChI=1S/C16H23ClN2O/c1-3-19(14-9-5-7-12(14)10-18)16(20)13-8-4-6-11(2)15(13)17/h4,6,8,12,14H,3,5,7,9-10,18H2,1-2H3. The van der Waals surface area contributed by atoms with Crippen LogP contribution in [0.5, 0.6) is 0 Å². The van der Waals surface area contributed by atoms with Crippen LogP contribution in [0.3, 0.4) is 0 Å². The van der Waals surface area contributed by atoms with Gasteiger partial charge in [-0.05, 0) is 50.8 Å². The quantitative estimate of drug-likeness (QED) is 0.926. The number of carbonyl (C=O) groups is 1. The van der Waals surface area contributed by atoms with Crippen LogP contribution in [0, 0.1) is 12.8 Å². The Morgan fingerprint density at radius 2 is 2.20 bits per heavy atom. The molecule has 1 saturated carbocycles. The van der Waals surface area contributed by atoms with Crippen molar-refractivity contribution in [2.24, 2.45) is 11.7 Å². The van der Waals surface area contributed by atoms with Gasteiger partial charge in [-0.3, -0.25) is 4.79 Å². The molecule has 2 unspecified atom stereocenters. The number of carbonyl (C=O) groups excluding carboxylic acids is 1. The number of aryl methyl sites for hydroxylation is 1. The maximum Gasteiger partial charge on any atom is 0.255 e. The predicted molar refractivity (Wildman–Crippen MR) is 83.1 cm³/mol. The fraction of sp³-hybridized carbons (Fsp3) is 0.562.